The number of rotatable bonds is 5. The molecule has 1 aliphatic rings. The number of aromatic nitrogens is 4. The predicted molar refractivity (Wildman–Crippen MR) is 128 cm³/mol. The predicted octanol–water partition coefficient (Wildman–Crippen LogP) is 3.19. The molecule has 0 radical (unpaired) electrons. The first-order valence-electron chi connectivity index (χ1n) is 11.4. The lowest BCUT2D eigenvalue weighted by Crippen LogP contribution is -2.36. The molecule has 1 aliphatic heterocycles. The standard InChI is InChI=1S/C25H32N6O2/c1-17-15-18(2)27-25(26-17)31-20(4)23(19(3)28-31)16-24(32)30-12-6-11-29(13-14-30)21-7-9-22(33-5)10-8-21/h7-10,15H,6,11-14,16H2,1-5H3. The van der Waals surface area contributed by atoms with Crippen molar-refractivity contribution in [2.45, 2.75) is 40.5 Å². The largest absolute Gasteiger partial charge is 0.497 e. The Morgan fingerprint density at radius 1 is 0.970 bits per heavy atom. The number of ether oxygens (including phenoxy) is 1. The lowest BCUT2D eigenvalue weighted by molar-refractivity contribution is -0.130. The Morgan fingerprint density at radius 2 is 1.67 bits per heavy atom. The molecule has 1 fully saturated rings. The first-order valence-corrected chi connectivity index (χ1v) is 11.4. The first kappa shape index (κ1) is 22.8. The average molecular weight is 449 g/mol. The zero-order chi connectivity index (χ0) is 23.5. The third-order valence-corrected chi connectivity index (χ3v) is 6.22. The molecule has 8 nitrogen and oxygen atoms in total. The molecular weight excluding hydrogens is 416 g/mol. The van der Waals surface area contributed by atoms with Crippen molar-refractivity contribution >= 4 is 11.6 Å². The number of amides is 1. The van der Waals surface area contributed by atoms with Crippen LogP contribution in [0.1, 0.15) is 34.8 Å². The minimum absolute atomic E-state index is 0.138. The van der Waals surface area contributed by atoms with Gasteiger partial charge < -0.3 is 14.5 Å². The van der Waals surface area contributed by atoms with Crippen molar-refractivity contribution in [2.75, 3.05) is 38.2 Å². The van der Waals surface area contributed by atoms with Crippen LogP contribution in [0.5, 0.6) is 5.75 Å². The Balaban J connectivity index is 1.45. The minimum Gasteiger partial charge on any atom is -0.497 e. The highest BCUT2D eigenvalue weighted by Gasteiger charge is 2.23. The van der Waals surface area contributed by atoms with E-state index in [0.717, 1.165) is 65.8 Å². The second-order valence-electron chi connectivity index (χ2n) is 8.61. The highest BCUT2D eigenvalue weighted by Crippen LogP contribution is 2.22. The van der Waals surface area contributed by atoms with E-state index in [1.54, 1.807) is 11.8 Å². The van der Waals surface area contributed by atoms with E-state index < -0.39 is 0 Å². The average Bonchev–Trinajstić information content (AvgIpc) is 2.97. The molecule has 0 bridgehead atoms. The molecule has 174 valence electrons. The van der Waals surface area contributed by atoms with E-state index in [4.69, 9.17) is 4.74 Å². The van der Waals surface area contributed by atoms with Crippen LogP contribution in [-0.2, 0) is 11.2 Å². The Kier molecular flexibility index (Phi) is 6.62. The fourth-order valence-corrected chi connectivity index (χ4v) is 4.41. The molecule has 0 unspecified atom stereocenters. The first-order chi connectivity index (χ1) is 15.9. The zero-order valence-electron chi connectivity index (χ0n) is 20.1. The van der Waals surface area contributed by atoms with Crippen LogP contribution in [0.25, 0.3) is 5.95 Å². The Morgan fingerprint density at radius 3 is 2.33 bits per heavy atom. The summed E-state index contributed by atoms with van der Waals surface area (Å²) in [5, 5.41) is 4.65. The van der Waals surface area contributed by atoms with Crippen LogP contribution in [0.2, 0.25) is 0 Å². The monoisotopic (exact) mass is 448 g/mol. The third kappa shape index (κ3) is 4.99. The number of hydrogen-bond donors (Lipinski definition) is 0. The highest BCUT2D eigenvalue weighted by atomic mass is 16.5. The lowest BCUT2D eigenvalue weighted by Gasteiger charge is -2.24. The third-order valence-electron chi connectivity index (χ3n) is 6.22. The van der Waals surface area contributed by atoms with Crippen LogP contribution in [0.15, 0.2) is 30.3 Å². The molecule has 33 heavy (non-hydrogen) atoms. The van der Waals surface area contributed by atoms with E-state index in [0.29, 0.717) is 18.9 Å². The molecule has 3 aromatic rings. The summed E-state index contributed by atoms with van der Waals surface area (Å²) < 4.78 is 7.02. The number of hydrogen-bond acceptors (Lipinski definition) is 6. The lowest BCUT2D eigenvalue weighted by atomic mass is 10.1. The van der Waals surface area contributed by atoms with Crippen molar-refractivity contribution in [3.8, 4) is 11.7 Å². The molecule has 3 heterocycles. The maximum Gasteiger partial charge on any atom is 0.251 e. The molecule has 2 aromatic heterocycles. The molecule has 4 rings (SSSR count). The van der Waals surface area contributed by atoms with Gasteiger partial charge in [-0.1, -0.05) is 0 Å². The Labute approximate surface area is 195 Å². The minimum atomic E-state index is 0.138. The van der Waals surface area contributed by atoms with Crippen LogP contribution >= 0.6 is 0 Å². The van der Waals surface area contributed by atoms with Gasteiger partial charge in [0.2, 0.25) is 5.91 Å². The van der Waals surface area contributed by atoms with Crippen molar-refractivity contribution in [1.29, 1.82) is 0 Å². The van der Waals surface area contributed by atoms with Gasteiger partial charge in [-0.05, 0) is 64.4 Å². The molecule has 0 N–H and O–H groups in total. The molecule has 1 saturated heterocycles. The molecule has 0 saturated carbocycles. The number of methoxy groups -OCH3 is 1. The Hall–Kier alpha value is -3.42. The molecule has 1 aromatic carbocycles. The Bertz CT molecular complexity index is 1120. The van der Waals surface area contributed by atoms with Gasteiger partial charge >= 0.3 is 0 Å². The second kappa shape index (κ2) is 9.60. The van der Waals surface area contributed by atoms with Crippen molar-refractivity contribution < 1.29 is 9.53 Å². The van der Waals surface area contributed by atoms with E-state index in [-0.39, 0.29) is 5.91 Å². The summed E-state index contributed by atoms with van der Waals surface area (Å²) in [6.45, 7) is 11.0. The molecule has 0 spiro atoms. The van der Waals surface area contributed by atoms with Crippen LogP contribution < -0.4 is 9.64 Å². The quantitative estimate of drug-likeness (QED) is 0.597. The summed E-state index contributed by atoms with van der Waals surface area (Å²) in [5.74, 6) is 1.54. The summed E-state index contributed by atoms with van der Waals surface area (Å²) in [6.07, 6.45) is 1.27. The number of aryl methyl sites for hydroxylation is 3. The number of nitrogens with zero attached hydrogens (tertiary/aromatic N) is 6. The zero-order valence-corrected chi connectivity index (χ0v) is 20.1. The van der Waals surface area contributed by atoms with Crippen molar-refractivity contribution in [3.63, 3.8) is 0 Å². The van der Waals surface area contributed by atoms with Crippen molar-refractivity contribution in [1.82, 2.24) is 24.6 Å². The summed E-state index contributed by atoms with van der Waals surface area (Å²) in [6, 6.07) is 10.0. The van der Waals surface area contributed by atoms with E-state index >= 15 is 0 Å². The summed E-state index contributed by atoms with van der Waals surface area (Å²) in [5.41, 5.74) is 5.67. The maximum absolute atomic E-state index is 13.2. The van der Waals surface area contributed by atoms with Gasteiger partial charge in [-0.15, -0.1) is 0 Å². The summed E-state index contributed by atoms with van der Waals surface area (Å²) in [4.78, 5) is 26.6. The smallest absolute Gasteiger partial charge is 0.251 e. The van der Waals surface area contributed by atoms with Crippen LogP contribution in [0.4, 0.5) is 5.69 Å². The highest BCUT2D eigenvalue weighted by molar-refractivity contribution is 5.79. The van der Waals surface area contributed by atoms with Gasteiger partial charge in [-0.3, -0.25) is 4.79 Å². The van der Waals surface area contributed by atoms with Crippen molar-refractivity contribution in [2.24, 2.45) is 0 Å². The van der Waals surface area contributed by atoms with E-state index in [1.807, 2.05) is 50.8 Å². The van der Waals surface area contributed by atoms with Gasteiger partial charge in [0.05, 0.1) is 19.2 Å². The topological polar surface area (TPSA) is 76.4 Å². The normalized spacial score (nSPS) is 14.3. The number of carbonyl (C=O) groups is 1. The summed E-state index contributed by atoms with van der Waals surface area (Å²) >= 11 is 0. The molecule has 8 heteroatoms. The van der Waals surface area contributed by atoms with Gasteiger partial charge in [0.15, 0.2) is 0 Å². The maximum atomic E-state index is 13.2. The van der Waals surface area contributed by atoms with Gasteiger partial charge in [0.1, 0.15) is 5.75 Å². The van der Waals surface area contributed by atoms with Gasteiger partial charge in [-0.25, -0.2) is 14.6 Å². The van der Waals surface area contributed by atoms with Crippen LogP contribution in [0.3, 0.4) is 0 Å². The van der Waals surface area contributed by atoms with Crippen molar-refractivity contribution in [3.05, 3.63) is 58.7 Å². The number of carbonyl (C=O) groups excluding carboxylic acids is 1. The van der Waals surface area contributed by atoms with Gasteiger partial charge in [0.25, 0.3) is 5.95 Å². The number of anilines is 1. The van der Waals surface area contributed by atoms with E-state index in [9.17, 15) is 4.79 Å². The molecule has 0 atom stereocenters. The molecule has 0 aliphatic carbocycles. The van der Waals surface area contributed by atoms with Crippen LogP contribution in [-0.4, -0.2) is 63.8 Å². The van der Waals surface area contributed by atoms with Gasteiger partial charge in [-0.2, -0.15) is 5.10 Å². The second-order valence-corrected chi connectivity index (χ2v) is 8.61. The van der Waals surface area contributed by atoms with Gasteiger partial charge in [0, 0.05) is 54.5 Å². The van der Waals surface area contributed by atoms with Crippen LogP contribution in [0, 0.1) is 27.7 Å². The van der Waals surface area contributed by atoms with E-state index in [2.05, 4.69) is 32.1 Å². The number of benzene rings is 1. The SMILES string of the molecule is COc1ccc(N2CCCN(C(=O)Cc3c(C)nn(-c4nc(C)cc(C)n4)c3C)CC2)cc1. The summed E-state index contributed by atoms with van der Waals surface area (Å²) in [7, 11) is 1.67. The fourth-order valence-electron chi connectivity index (χ4n) is 4.41. The van der Waals surface area contributed by atoms with E-state index in [1.165, 1.54) is 0 Å². The fraction of sp³-hybridized carbons (Fsp3) is 0.440. The molecule has 1 amide bonds. The molecular formula is C25H32N6O2.